The molecule has 0 saturated carbocycles. The third-order valence-electron chi connectivity index (χ3n) is 11.9. The van der Waals surface area contributed by atoms with Gasteiger partial charge in [0.05, 0.1) is 24.9 Å². The smallest absolute Gasteiger partial charge is 0.316 e. The summed E-state index contributed by atoms with van der Waals surface area (Å²) >= 11 is 0. The summed E-state index contributed by atoms with van der Waals surface area (Å²) in [4.78, 5) is 25.5. The number of nitrogens with one attached hydrogen (secondary N) is 1. The van der Waals surface area contributed by atoms with Gasteiger partial charge < -0.3 is 39.2 Å². The molecule has 0 unspecified atom stereocenters. The molecule has 0 radical (unpaired) electrons. The molecule has 290 valence electrons. The lowest BCUT2D eigenvalue weighted by molar-refractivity contribution is -0.335. The van der Waals surface area contributed by atoms with Crippen LogP contribution >= 0.6 is 0 Å². The van der Waals surface area contributed by atoms with Crippen molar-refractivity contribution in [1.82, 2.24) is 0 Å². The second kappa shape index (κ2) is 16.7. The lowest BCUT2D eigenvalue weighted by atomic mass is 9.71. The van der Waals surface area contributed by atoms with Gasteiger partial charge in [0.1, 0.15) is 29.8 Å². The number of amides is 1. The summed E-state index contributed by atoms with van der Waals surface area (Å²) in [6.07, 6.45) is 12.4. The first kappa shape index (κ1) is 39.6. The number of fused-ring (bicyclic) bond motifs is 2. The molecule has 1 aromatic carbocycles. The molecule has 1 aliphatic carbocycles. The van der Waals surface area contributed by atoms with Gasteiger partial charge in [0.25, 0.3) is 0 Å². The Morgan fingerprint density at radius 3 is 2.60 bits per heavy atom. The molecule has 3 fully saturated rings. The van der Waals surface area contributed by atoms with E-state index in [1.54, 1.807) is 13.0 Å². The molecule has 3 saturated heterocycles. The van der Waals surface area contributed by atoms with Crippen LogP contribution in [-0.4, -0.2) is 83.3 Å². The number of ether oxygens (including phenoxy) is 5. The van der Waals surface area contributed by atoms with E-state index in [1.807, 2.05) is 36.4 Å². The minimum atomic E-state index is -1.76. The molecule has 3 N–H and O–H groups in total. The van der Waals surface area contributed by atoms with Crippen LogP contribution in [0.2, 0.25) is 0 Å². The van der Waals surface area contributed by atoms with Gasteiger partial charge in [0.15, 0.2) is 5.79 Å². The predicted molar refractivity (Wildman–Crippen MR) is 202 cm³/mol. The van der Waals surface area contributed by atoms with Gasteiger partial charge in [0, 0.05) is 44.4 Å². The Bertz CT molecular complexity index is 1600. The molecule has 10 heteroatoms. The third kappa shape index (κ3) is 8.74. The molecule has 10 nitrogen and oxygen atoms in total. The van der Waals surface area contributed by atoms with Crippen LogP contribution in [0, 0.1) is 17.8 Å². The van der Waals surface area contributed by atoms with Gasteiger partial charge in [-0.1, -0.05) is 63.3 Å². The maximum absolute atomic E-state index is 14.1. The van der Waals surface area contributed by atoms with Crippen LogP contribution in [0.3, 0.4) is 0 Å². The Balaban J connectivity index is 1.27. The summed E-state index contributed by atoms with van der Waals surface area (Å²) < 4.78 is 32.5. The van der Waals surface area contributed by atoms with Crippen molar-refractivity contribution in [2.45, 2.75) is 141 Å². The molecule has 4 aliphatic heterocycles. The molecule has 6 rings (SSSR count). The number of anilines is 1. The van der Waals surface area contributed by atoms with E-state index in [9.17, 15) is 19.8 Å². The summed E-state index contributed by atoms with van der Waals surface area (Å²) in [6.45, 7) is 12.4. The highest BCUT2D eigenvalue weighted by Gasteiger charge is 2.60. The molecule has 1 amide bonds. The molecule has 5 aliphatic rings. The monoisotopic (exact) mass is 733 g/mol. The van der Waals surface area contributed by atoms with Crippen molar-refractivity contribution >= 4 is 17.6 Å². The van der Waals surface area contributed by atoms with E-state index in [0.717, 1.165) is 36.9 Å². The van der Waals surface area contributed by atoms with Gasteiger partial charge in [-0.15, -0.1) is 0 Å². The fourth-order valence-electron chi connectivity index (χ4n) is 8.90. The van der Waals surface area contributed by atoms with Crippen molar-refractivity contribution in [3.63, 3.8) is 0 Å². The van der Waals surface area contributed by atoms with Gasteiger partial charge in [-0.2, -0.15) is 0 Å². The van der Waals surface area contributed by atoms with Crippen molar-refractivity contribution in [2.24, 2.45) is 17.8 Å². The van der Waals surface area contributed by atoms with Gasteiger partial charge in [0.2, 0.25) is 5.91 Å². The minimum absolute atomic E-state index is 0.0274. The molecule has 53 heavy (non-hydrogen) atoms. The number of carbonyl (C=O) groups excluding carboxylic acids is 2. The molecule has 1 spiro atoms. The summed E-state index contributed by atoms with van der Waals surface area (Å²) in [5.41, 5.74) is 2.36. The largest absolute Gasteiger partial charge is 0.462 e. The second-order valence-electron chi connectivity index (χ2n) is 16.0. The van der Waals surface area contributed by atoms with Crippen molar-refractivity contribution < 1.29 is 43.5 Å². The Labute approximate surface area is 314 Å². The van der Waals surface area contributed by atoms with Crippen LogP contribution in [0.5, 0.6) is 0 Å². The van der Waals surface area contributed by atoms with Crippen molar-refractivity contribution in [3.8, 4) is 0 Å². The van der Waals surface area contributed by atoms with Crippen LogP contribution in [0.4, 0.5) is 5.69 Å². The van der Waals surface area contributed by atoms with Crippen molar-refractivity contribution in [1.29, 1.82) is 0 Å². The standard InChI is InChI=1S/C43H59NO9/c1-7-37-26(2)19-20-42(53-37)24-35-23-34(52-42)18-13-28(4)39(49-21-9-11-31-14-16-33(17-15-31)44-30(6)45)27(3)10-8-12-32-25-50-40-38(46)29(5)22-36(41(47)51-35)43(32,40)48/h8,10,12-17,22,26-27,34-40,46,48H,7,9,11,18-21,23-25H2,1-6H3,(H,44,45)/b10-8+,28-13+,32-12+/t26-,27-,34+,35-,36-,37+,38+,39+,40+,42+,43+/m0/s1. The number of aliphatic hydroxyl groups is 2. The third-order valence-corrected chi connectivity index (χ3v) is 11.9. The highest BCUT2D eigenvalue weighted by molar-refractivity contribution is 5.88. The summed E-state index contributed by atoms with van der Waals surface area (Å²) in [5, 5.41) is 26.2. The Morgan fingerprint density at radius 2 is 1.87 bits per heavy atom. The molecule has 4 heterocycles. The molecule has 1 aromatic rings. The quantitative estimate of drug-likeness (QED) is 0.163. The van der Waals surface area contributed by atoms with Gasteiger partial charge >= 0.3 is 5.97 Å². The number of hydrogen-bond donors (Lipinski definition) is 3. The predicted octanol–water partition coefficient (Wildman–Crippen LogP) is 6.51. The van der Waals surface area contributed by atoms with Crippen LogP contribution in [0.15, 0.2) is 71.4 Å². The maximum Gasteiger partial charge on any atom is 0.316 e. The summed E-state index contributed by atoms with van der Waals surface area (Å²) in [5.74, 6) is -2.17. The SMILES string of the molecule is CC[C@H]1O[C@]2(CC[C@@H]1C)C[C@@H]1C[C@@H](C/C=C(\C)[C@H](OCCCc3ccc(NC(C)=O)cc3)[C@@H](C)/C=C/C=C3\CO[C@@H]4[C@H](O)C(C)=C[C@@H](C(=O)O1)[C@]34O)O2. The summed E-state index contributed by atoms with van der Waals surface area (Å²) in [7, 11) is 0. The topological polar surface area (TPSA) is 133 Å². The Hall–Kier alpha value is -3.12. The average molecular weight is 734 g/mol. The average Bonchev–Trinajstić information content (AvgIpc) is 3.46. The van der Waals surface area contributed by atoms with Crippen LogP contribution in [0.25, 0.3) is 0 Å². The number of aryl methyl sites for hydroxylation is 1. The zero-order valence-corrected chi connectivity index (χ0v) is 32.2. The number of benzene rings is 1. The Kier molecular flexibility index (Phi) is 12.5. The van der Waals surface area contributed by atoms with Gasteiger partial charge in [-0.25, -0.2) is 0 Å². The zero-order valence-electron chi connectivity index (χ0n) is 32.2. The van der Waals surface area contributed by atoms with Crippen molar-refractivity contribution in [2.75, 3.05) is 18.5 Å². The highest BCUT2D eigenvalue weighted by atomic mass is 16.7. The van der Waals surface area contributed by atoms with E-state index in [0.29, 0.717) is 49.4 Å². The molecule has 11 atom stereocenters. The molecule has 2 bridgehead atoms. The fraction of sp³-hybridized carbons (Fsp3) is 0.628. The highest BCUT2D eigenvalue weighted by Crippen LogP contribution is 2.47. The molecular formula is C43H59NO9. The lowest BCUT2D eigenvalue weighted by Gasteiger charge is -2.50. The summed E-state index contributed by atoms with van der Waals surface area (Å²) in [6, 6.07) is 7.89. The van der Waals surface area contributed by atoms with E-state index < -0.39 is 41.6 Å². The first-order chi connectivity index (χ1) is 25.3. The van der Waals surface area contributed by atoms with Gasteiger partial charge in [-0.05, 0) is 86.3 Å². The van der Waals surface area contributed by atoms with E-state index in [1.165, 1.54) is 12.5 Å². The molecular weight excluding hydrogens is 674 g/mol. The maximum atomic E-state index is 14.1. The van der Waals surface area contributed by atoms with E-state index in [-0.39, 0.29) is 36.7 Å². The number of hydrogen-bond acceptors (Lipinski definition) is 9. The number of allylic oxidation sites excluding steroid dienone is 2. The van der Waals surface area contributed by atoms with E-state index >= 15 is 0 Å². The number of rotatable bonds is 7. The van der Waals surface area contributed by atoms with E-state index in [4.69, 9.17) is 23.7 Å². The normalized spacial score (nSPS) is 40.2. The number of carbonyl (C=O) groups is 2. The Morgan fingerprint density at radius 1 is 1.09 bits per heavy atom. The fourth-order valence-corrected chi connectivity index (χ4v) is 8.90. The minimum Gasteiger partial charge on any atom is -0.462 e. The van der Waals surface area contributed by atoms with Crippen LogP contribution in [-0.2, 0) is 39.7 Å². The first-order valence-corrected chi connectivity index (χ1v) is 19.6. The van der Waals surface area contributed by atoms with Crippen molar-refractivity contribution in [3.05, 3.63) is 76.9 Å². The number of esters is 1. The van der Waals surface area contributed by atoms with Crippen LogP contribution < -0.4 is 5.32 Å². The first-order valence-electron chi connectivity index (χ1n) is 19.6. The second-order valence-corrected chi connectivity index (χ2v) is 16.0. The zero-order chi connectivity index (χ0) is 37.9. The number of aliphatic hydroxyl groups excluding tert-OH is 1. The van der Waals surface area contributed by atoms with E-state index in [2.05, 4.69) is 45.2 Å². The lowest BCUT2D eigenvalue weighted by Crippen LogP contribution is -2.58. The molecule has 0 aromatic heterocycles. The van der Waals surface area contributed by atoms with Crippen LogP contribution in [0.1, 0.15) is 92.1 Å². The van der Waals surface area contributed by atoms with Gasteiger partial charge in [-0.3, -0.25) is 9.59 Å².